The van der Waals surface area contributed by atoms with E-state index in [9.17, 15) is 10.2 Å². The molecule has 17 heavy (non-hydrogen) atoms. The van der Waals surface area contributed by atoms with Crippen molar-refractivity contribution in [3.63, 3.8) is 0 Å². The van der Waals surface area contributed by atoms with Crippen LogP contribution in [-0.4, -0.2) is 10.2 Å². The molecule has 0 aliphatic heterocycles. The van der Waals surface area contributed by atoms with Crippen LogP contribution in [0.25, 0.3) is 11.1 Å². The number of aromatic hydroxyl groups is 2. The van der Waals surface area contributed by atoms with Gasteiger partial charge in [0.15, 0.2) is 0 Å². The molecule has 0 aliphatic rings. The Morgan fingerprint density at radius 3 is 2.24 bits per heavy atom. The summed E-state index contributed by atoms with van der Waals surface area (Å²) in [5.74, 6) is 0.536. The first-order valence-corrected chi connectivity index (χ1v) is 5.60. The van der Waals surface area contributed by atoms with E-state index >= 15 is 0 Å². The summed E-state index contributed by atoms with van der Waals surface area (Å²) < 4.78 is 0. The molecule has 0 amide bonds. The van der Waals surface area contributed by atoms with Crippen molar-refractivity contribution in [1.29, 1.82) is 0 Å². The molecule has 0 fully saturated rings. The Morgan fingerprint density at radius 2 is 1.53 bits per heavy atom. The number of hydrogen-bond donors (Lipinski definition) is 2. The van der Waals surface area contributed by atoms with Crippen LogP contribution in [0.3, 0.4) is 0 Å². The monoisotopic (exact) mass is 228 g/mol. The Morgan fingerprint density at radius 1 is 0.824 bits per heavy atom. The molecule has 88 valence electrons. The van der Waals surface area contributed by atoms with Gasteiger partial charge in [0.25, 0.3) is 0 Å². The van der Waals surface area contributed by atoms with Crippen molar-refractivity contribution >= 4 is 0 Å². The van der Waals surface area contributed by atoms with Gasteiger partial charge in [0.05, 0.1) is 0 Å². The Balaban J connectivity index is 2.73. The van der Waals surface area contributed by atoms with Crippen LogP contribution in [0, 0.1) is 20.8 Å². The van der Waals surface area contributed by atoms with Gasteiger partial charge in [0.2, 0.25) is 0 Å². The molecule has 0 bridgehead atoms. The van der Waals surface area contributed by atoms with Gasteiger partial charge in [-0.2, -0.15) is 0 Å². The molecule has 2 rings (SSSR count). The van der Waals surface area contributed by atoms with Gasteiger partial charge in [-0.05, 0) is 66.8 Å². The van der Waals surface area contributed by atoms with Crippen LogP contribution in [0.1, 0.15) is 16.7 Å². The zero-order valence-electron chi connectivity index (χ0n) is 10.3. The van der Waals surface area contributed by atoms with Crippen molar-refractivity contribution in [2.75, 3.05) is 0 Å². The number of aryl methyl sites for hydroxylation is 1. The van der Waals surface area contributed by atoms with Gasteiger partial charge in [0.1, 0.15) is 11.5 Å². The maximum Gasteiger partial charge on any atom is 0.119 e. The topological polar surface area (TPSA) is 40.5 Å². The van der Waals surface area contributed by atoms with Crippen molar-refractivity contribution in [1.82, 2.24) is 0 Å². The molecule has 2 heteroatoms. The number of phenols is 2. The molecule has 2 N–H and O–H groups in total. The van der Waals surface area contributed by atoms with Gasteiger partial charge >= 0.3 is 0 Å². The molecule has 0 atom stereocenters. The second kappa shape index (κ2) is 4.13. The van der Waals surface area contributed by atoms with Crippen LogP contribution in [0.15, 0.2) is 30.3 Å². The normalized spacial score (nSPS) is 10.5. The fourth-order valence-electron chi connectivity index (χ4n) is 2.04. The van der Waals surface area contributed by atoms with Gasteiger partial charge < -0.3 is 10.2 Å². The minimum atomic E-state index is 0.255. The molecule has 0 aliphatic carbocycles. The summed E-state index contributed by atoms with van der Waals surface area (Å²) in [7, 11) is 0. The minimum Gasteiger partial charge on any atom is -0.508 e. The van der Waals surface area contributed by atoms with Gasteiger partial charge in [-0.1, -0.05) is 12.1 Å². The molecule has 2 aromatic rings. The Labute approximate surface area is 101 Å². The lowest BCUT2D eigenvalue weighted by molar-refractivity contribution is 0.471. The Kier molecular flexibility index (Phi) is 2.80. The summed E-state index contributed by atoms with van der Waals surface area (Å²) in [6, 6.07) is 8.93. The van der Waals surface area contributed by atoms with Gasteiger partial charge in [-0.25, -0.2) is 0 Å². The lowest BCUT2D eigenvalue weighted by Crippen LogP contribution is -1.90. The molecule has 2 nitrogen and oxygen atoms in total. The lowest BCUT2D eigenvalue weighted by atomic mass is 9.93. The highest BCUT2D eigenvalue weighted by atomic mass is 16.3. The number of rotatable bonds is 1. The molecule has 0 radical (unpaired) electrons. The van der Waals surface area contributed by atoms with E-state index in [1.165, 1.54) is 0 Å². The van der Waals surface area contributed by atoms with Gasteiger partial charge in [-0.3, -0.25) is 0 Å². The lowest BCUT2D eigenvalue weighted by Gasteiger charge is -2.13. The number of phenolic OH excluding ortho intramolecular Hbond substituents is 2. The highest BCUT2D eigenvalue weighted by Gasteiger charge is 2.10. The summed E-state index contributed by atoms with van der Waals surface area (Å²) in [4.78, 5) is 0. The summed E-state index contributed by atoms with van der Waals surface area (Å²) in [5, 5.41) is 19.4. The molecule has 0 aromatic heterocycles. The van der Waals surface area contributed by atoms with Crippen LogP contribution < -0.4 is 0 Å². The van der Waals surface area contributed by atoms with E-state index in [1.54, 1.807) is 18.2 Å². The predicted molar refractivity (Wildman–Crippen MR) is 69.4 cm³/mol. The Hall–Kier alpha value is -1.96. The predicted octanol–water partition coefficient (Wildman–Crippen LogP) is 3.69. The first kappa shape index (κ1) is 11.5. The van der Waals surface area contributed by atoms with E-state index in [2.05, 4.69) is 0 Å². The molecule has 0 saturated heterocycles. The highest BCUT2D eigenvalue weighted by Crippen LogP contribution is 2.34. The third kappa shape index (κ3) is 1.98. The largest absolute Gasteiger partial charge is 0.508 e. The van der Waals surface area contributed by atoms with Crippen molar-refractivity contribution < 1.29 is 10.2 Å². The fourth-order valence-corrected chi connectivity index (χ4v) is 2.04. The second-order valence-electron chi connectivity index (χ2n) is 4.38. The quantitative estimate of drug-likeness (QED) is 0.781. The van der Waals surface area contributed by atoms with Crippen molar-refractivity contribution in [3.8, 4) is 22.6 Å². The van der Waals surface area contributed by atoms with Crippen LogP contribution >= 0.6 is 0 Å². The molecule has 0 unspecified atom stereocenters. The smallest absolute Gasteiger partial charge is 0.119 e. The minimum absolute atomic E-state index is 0.255. The third-order valence-corrected chi connectivity index (χ3v) is 3.25. The molecule has 0 saturated carbocycles. The van der Waals surface area contributed by atoms with E-state index in [1.807, 2.05) is 32.9 Å². The van der Waals surface area contributed by atoms with Crippen molar-refractivity contribution in [2.45, 2.75) is 20.8 Å². The first-order chi connectivity index (χ1) is 8.00. The molecule has 0 heterocycles. The molecular formula is C15H16O2. The van der Waals surface area contributed by atoms with Gasteiger partial charge in [0, 0.05) is 0 Å². The van der Waals surface area contributed by atoms with E-state index in [4.69, 9.17) is 0 Å². The van der Waals surface area contributed by atoms with Crippen molar-refractivity contribution in [3.05, 3.63) is 47.0 Å². The van der Waals surface area contributed by atoms with E-state index in [0.717, 1.165) is 27.8 Å². The summed E-state index contributed by atoms with van der Waals surface area (Å²) in [6.45, 7) is 5.87. The van der Waals surface area contributed by atoms with E-state index < -0.39 is 0 Å². The second-order valence-corrected chi connectivity index (χ2v) is 4.38. The highest BCUT2D eigenvalue weighted by molar-refractivity contribution is 5.74. The standard InChI is InChI=1S/C15H16O2/c1-9-7-12(16)8-14(10(9)2)13-5-4-6-15(17)11(13)3/h4-8,16-17H,1-3H3. The third-order valence-electron chi connectivity index (χ3n) is 3.25. The zero-order chi connectivity index (χ0) is 12.6. The summed E-state index contributed by atoms with van der Waals surface area (Å²) >= 11 is 0. The Bertz CT molecular complexity index is 571. The van der Waals surface area contributed by atoms with Crippen molar-refractivity contribution in [2.24, 2.45) is 0 Å². The summed E-state index contributed by atoms with van der Waals surface area (Å²) in [6.07, 6.45) is 0. The number of benzene rings is 2. The SMILES string of the molecule is Cc1cc(O)cc(-c2cccc(O)c2C)c1C. The molecular weight excluding hydrogens is 212 g/mol. The number of hydrogen-bond acceptors (Lipinski definition) is 2. The zero-order valence-corrected chi connectivity index (χ0v) is 10.3. The van der Waals surface area contributed by atoms with Crippen LogP contribution in [-0.2, 0) is 0 Å². The first-order valence-electron chi connectivity index (χ1n) is 5.60. The average Bonchev–Trinajstić information content (AvgIpc) is 2.27. The van der Waals surface area contributed by atoms with E-state index in [-0.39, 0.29) is 11.5 Å². The molecule has 0 spiro atoms. The van der Waals surface area contributed by atoms with Crippen LogP contribution in [0.4, 0.5) is 0 Å². The molecule has 2 aromatic carbocycles. The van der Waals surface area contributed by atoms with Crippen LogP contribution in [0.5, 0.6) is 11.5 Å². The van der Waals surface area contributed by atoms with E-state index in [0.29, 0.717) is 0 Å². The maximum absolute atomic E-state index is 9.73. The fraction of sp³-hybridized carbons (Fsp3) is 0.200. The average molecular weight is 228 g/mol. The van der Waals surface area contributed by atoms with Gasteiger partial charge in [-0.15, -0.1) is 0 Å². The maximum atomic E-state index is 9.73. The van der Waals surface area contributed by atoms with Crippen LogP contribution in [0.2, 0.25) is 0 Å². The summed E-state index contributed by atoms with van der Waals surface area (Å²) in [5.41, 5.74) is 4.93.